The van der Waals surface area contributed by atoms with Crippen molar-refractivity contribution in [3.05, 3.63) is 29.6 Å². The molecular formula is C10H10N4O2S. The molecule has 1 amide bonds. The predicted molar refractivity (Wildman–Crippen MR) is 63.4 cm³/mol. The van der Waals surface area contributed by atoms with Crippen molar-refractivity contribution in [1.29, 1.82) is 0 Å². The average molecular weight is 250 g/mol. The fraction of sp³-hybridized carbons (Fsp3) is 0.200. The first-order valence-electron chi connectivity index (χ1n) is 4.81. The van der Waals surface area contributed by atoms with Crippen LogP contribution in [0.4, 0.5) is 5.00 Å². The molecule has 2 aromatic heterocycles. The van der Waals surface area contributed by atoms with E-state index in [1.165, 1.54) is 18.6 Å². The van der Waals surface area contributed by atoms with Crippen molar-refractivity contribution in [3.8, 4) is 5.88 Å². The summed E-state index contributed by atoms with van der Waals surface area (Å²) in [6.07, 6.45) is 0. The van der Waals surface area contributed by atoms with E-state index in [1.807, 2.05) is 6.92 Å². The van der Waals surface area contributed by atoms with E-state index in [9.17, 15) is 4.79 Å². The summed E-state index contributed by atoms with van der Waals surface area (Å²) in [5, 5.41) is 10.8. The second-order valence-electron chi connectivity index (χ2n) is 3.25. The summed E-state index contributed by atoms with van der Waals surface area (Å²) in [5.41, 5.74) is 1.10. The van der Waals surface area contributed by atoms with Crippen LogP contribution in [0.5, 0.6) is 5.88 Å². The van der Waals surface area contributed by atoms with Gasteiger partial charge in [0.15, 0.2) is 5.69 Å². The molecule has 0 radical (unpaired) electrons. The number of ether oxygens (including phenoxy) is 1. The van der Waals surface area contributed by atoms with Crippen LogP contribution in [-0.4, -0.2) is 27.6 Å². The third kappa shape index (κ3) is 2.76. The monoisotopic (exact) mass is 250 g/mol. The number of hydrogen-bond acceptors (Lipinski definition) is 6. The molecule has 0 bridgehead atoms. The van der Waals surface area contributed by atoms with Crippen LogP contribution < -0.4 is 10.1 Å². The summed E-state index contributed by atoms with van der Waals surface area (Å²) >= 11 is 1.23. The minimum atomic E-state index is -0.316. The van der Waals surface area contributed by atoms with Crippen molar-refractivity contribution >= 4 is 22.4 Å². The first-order valence-corrected chi connectivity index (χ1v) is 5.59. The molecule has 88 valence electrons. The molecule has 0 spiro atoms. The van der Waals surface area contributed by atoms with Crippen molar-refractivity contribution < 1.29 is 9.53 Å². The largest absolute Gasteiger partial charge is 0.480 e. The Bertz CT molecular complexity index is 523. The Labute approximate surface area is 102 Å². The standard InChI is InChI=1S/C10H10N4O2S/c1-6-5-9(17-14-6)11-10(15)7-3-4-8(16-2)13-12-7/h3-5H,1-2H3,(H,11,15). The predicted octanol–water partition coefficient (Wildman–Crippen LogP) is 1.50. The summed E-state index contributed by atoms with van der Waals surface area (Å²) < 4.78 is 8.92. The lowest BCUT2D eigenvalue weighted by Gasteiger charge is -2.01. The number of hydrogen-bond donors (Lipinski definition) is 1. The molecule has 0 unspecified atom stereocenters. The van der Waals surface area contributed by atoms with E-state index in [0.717, 1.165) is 5.69 Å². The number of carbonyl (C=O) groups is 1. The van der Waals surface area contributed by atoms with E-state index in [-0.39, 0.29) is 11.6 Å². The lowest BCUT2D eigenvalue weighted by molar-refractivity contribution is 0.102. The minimum absolute atomic E-state index is 0.233. The van der Waals surface area contributed by atoms with Gasteiger partial charge in [-0.25, -0.2) is 0 Å². The molecule has 17 heavy (non-hydrogen) atoms. The average Bonchev–Trinajstić information content (AvgIpc) is 2.75. The highest BCUT2D eigenvalue weighted by molar-refractivity contribution is 7.10. The zero-order valence-electron chi connectivity index (χ0n) is 9.30. The molecule has 2 heterocycles. The molecule has 1 N–H and O–H groups in total. The number of aromatic nitrogens is 3. The van der Waals surface area contributed by atoms with Gasteiger partial charge < -0.3 is 10.1 Å². The molecule has 0 aromatic carbocycles. The summed E-state index contributed by atoms with van der Waals surface area (Å²) in [5.74, 6) is 0.0546. The van der Waals surface area contributed by atoms with Gasteiger partial charge in [-0.3, -0.25) is 4.79 Å². The molecular weight excluding hydrogens is 240 g/mol. The molecule has 6 nitrogen and oxygen atoms in total. The third-order valence-corrected chi connectivity index (χ3v) is 2.74. The number of rotatable bonds is 3. The molecule has 0 atom stereocenters. The van der Waals surface area contributed by atoms with Crippen LogP contribution in [0.15, 0.2) is 18.2 Å². The number of nitrogens with one attached hydrogen (secondary N) is 1. The molecule has 0 saturated carbocycles. The van der Waals surface area contributed by atoms with Crippen LogP contribution >= 0.6 is 11.5 Å². The van der Waals surface area contributed by atoms with Crippen LogP contribution in [-0.2, 0) is 0 Å². The summed E-state index contributed by atoms with van der Waals surface area (Å²) in [4.78, 5) is 11.7. The number of methoxy groups -OCH3 is 1. The zero-order chi connectivity index (χ0) is 12.3. The molecule has 0 aliphatic rings. The van der Waals surface area contributed by atoms with Gasteiger partial charge in [0.2, 0.25) is 5.88 Å². The Kier molecular flexibility index (Phi) is 3.29. The van der Waals surface area contributed by atoms with Gasteiger partial charge in [-0.15, -0.1) is 10.2 Å². The Balaban J connectivity index is 2.09. The Morgan fingerprint density at radius 3 is 2.76 bits per heavy atom. The maximum absolute atomic E-state index is 11.7. The number of aryl methyl sites for hydroxylation is 1. The molecule has 0 fully saturated rings. The second-order valence-corrected chi connectivity index (χ2v) is 4.05. The molecule has 2 rings (SSSR count). The Morgan fingerprint density at radius 1 is 1.41 bits per heavy atom. The SMILES string of the molecule is COc1ccc(C(=O)Nc2cc(C)ns2)nn1. The topological polar surface area (TPSA) is 77.0 Å². The number of amides is 1. The maximum Gasteiger partial charge on any atom is 0.276 e. The van der Waals surface area contributed by atoms with E-state index in [2.05, 4.69) is 19.9 Å². The summed E-state index contributed by atoms with van der Waals surface area (Å²) in [6, 6.07) is 4.93. The molecule has 7 heteroatoms. The lowest BCUT2D eigenvalue weighted by Crippen LogP contribution is -2.13. The van der Waals surface area contributed by atoms with E-state index >= 15 is 0 Å². The number of carbonyl (C=O) groups excluding carboxylic acids is 1. The van der Waals surface area contributed by atoms with Crippen molar-refractivity contribution in [1.82, 2.24) is 14.6 Å². The van der Waals surface area contributed by atoms with Gasteiger partial charge in [0.05, 0.1) is 12.8 Å². The van der Waals surface area contributed by atoms with Gasteiger partial charge >= 0.3 is 0 Å². The Morgan fingerprint density at radius 2 is 2.24 bits per heavy atom. The first-order chi connectivity index (χ1) is 8.19. The van der Waals surface area contributed by atoms with E-state index < -0.39 is 0 Å². The lowest BCUT2D eigenvalue weighted by atomic mass is 10.3. The van der Waals surface area contributed by atoms with Crippen molar-refractivity contribution in [3.63, 3.8) is 0 Å². The quantitative estimate of drug-likeness (QED) is 0.893. The van der Waals surface area contributed by atoms with Gasteiger partial charge in [-0.1, -0.05) is 0 Å². The van der Waals surface area contributed by atoms with Crippen LogP contribution in [0, 0.1) is 6.92 Å². The first kappa shape index (κ1) is 11.5. The summed E-state index contributed by atoms with van der Waals surface area (Å²) in [6.45, 7) is 1.86. The van der Waals surface area contributed by atoms with Crippen LogP contribution in [0.2, 0.25) is 0 Å². The normalized spacial score (nSPS) is 10.0. The van der Waals surface area contributed by atoms with Gasteiger partial charge in [0.1, 0.15) is 5.00 Å². The van der Waals surface area contributed by atoms with Crippen LogP contribution in [0.25, 0.3) is 0 Å². The minimum Gasteiger partial charge on any atom is -0.480 e. The zero-order valence-corrected chi connectivity index (χ0v) is 10.1. The number of anilines is 1. The van der Waals surface area contributed by atoms with Gasteiger partial charge in [0.25, 0.3) is 5.91 Å². The fourth-order valence-electron chi connectivity index (χ4n) is 1.15. The van der Waals surface area contributed by atoms with Crippen molar-refractivity contribution in [2.75, 3.05) is 12.4 Å². The van der Waals surface area contributed by atoms with E-state index in [0.29, 0.717) is 10.9 Å². The van der Waals surface area contributed by atoms with Crippen molar-refractivity contribution in [2.24, 2.45) is 0 Å². The molecule has 0 aliphatic carbocycles. The highest BCUT2D eigenvalue weighted by Crippen LogP contribution is 2.16. The highest BCUT2D eigenvalue weighted by atomic mass is 32.1. The molecule has 0 saturated heterocycles. The van der Waals surface area contributed by atoms with Crippen LogP contribution in [0.1, 0.15) is 16.2 Å². The smallest absolute Gasteiger partial charge is 0.276 e. The van der Waals surface area contributed by atoms with Gasteiger partial charge in [-0.2, -0.15) is 4.37 Å². The second kappa shape index (κ2) is 4.88. The Hall–Kier alpha value is -2.02. The third-order valence-electron chi connectivity index (χ3n) is 1.95. The number of nitrogens with zero attached hydrogens (tertiary/aromatic N) is 3. The van der Waals surface area contributed by atoms with E-state index in [1.54, 1.807) is 18.2 Å². The van der Waals surface area contributed by atoms with Gasteiger partial charge in [0, 0.05) is 6.07 Å². The van der Waals surface area contributed by atoms with Crippen molar-refractivity contribution in [2.45, 2.75) is 6.92 Å². The van der Waals surface area contributed by atoms with E-state index in [4.69, 9.17) is 4.74 Å². The van der Waals surface area contributed by atoms with Crippen LogP contribution in [0.3, 0.4) is 0 Å². The molecule has 0 aliphatic heterocycles. The fourth-order valence-corrected chi connectivity index (χ4v) is 1.81. The van der Waals surface area contributed by atoms with Gasteiger partial charge in [-0.05, 0) is 30.6 Å². The maximum atomic E-state index is 11.7. The summed E-state index contributed by atoms with van der Waals surface area (Å²) in [7, 11) is 1.49. The highest BCUT2D eigenvalue weighted by Gasteiger charge is 2.10. The molecule has 2 aromatic rings.